The topological polar surface area (TPSA) is 67.6 Å². The van der Waals surface area contributed by atoms with Crippen molar-refractivity contribution >= 4 is 5.96 Å². The highest BCUT2D eigenvalue weighted by Crippen LogP contribution is 2.17. The number of aryl methyl sites for hydroxylation is 1. The minimum atomic E-state index is 0.586. The maximum atomic E-state index is 5.29. The predicted molar refractivity (Wildman–Crippen MR) is 102 cm³/mol. The number of aliphatic imine (C=N–C) groups is 1. The fraction of sp³-hybridized carbons (Fsp3) is 0.526. The fourth-order valence-corrected chi connectivity index (χ4v) is 3.26. The zero-order valence-corrected chi connectivity index (χ0v) is 15.9. The Morgan fingerprint density at radius 2 is 2.27 bits per heavy atom. The Labute approximate surface area is 155 Å². The molecule has 0 radical (unpaired) electrons. The molecule has 0 aromatic carbocycles. The van der Waals surface area contributed by atoms with Crippen LogP contribution in [0.1, 0.15) is 24.7 Å². The molecule has 0 spiro atoms. The molecule has 1 fully saturated rings. The molecule has 1 unspecified atom stereocenters. The van der Waals surface area contributed by atoms with Gasteiger partial charge in [-0.25, -0.2) is 15.0 Å². The molecule has 3 heterocycles. The van der Waals surface area contributed by atoms with E-state index in [1.54, 1.807) is 13.3 Å². The van der Waals surface area contributed by atoms with Crippen molar-refractivity contribution in [2.75, 3.05) is 33.4 Å². The van der Waals surface area contributed by atoms with Gasteiger partial charge in [0.25, 0.3) is 0 Å². The summed E-state index contributed by atoms with van der Waals surface area (Å²) in [4.78, 5) is 15.9. The lowest BCUT2D eigenvalue weighted by atomic mass is 10.1. The summed E-state index contributed by atoms with van der Waals surface area (Å²) in [5.74, 6) is 3.36. The van der Waals surface area contributed by atoms with Gasteiger partial charge in [-0.3, -0.25) is 4.57 Å². The van der Waals surface area contributed by atoms with Gasteiger partial charge in [0, 0.05) is 51.3 Å². The molecule has 0 amide bonds. The monoisotopic (exact) mass is 356 g/mol. The van der Waals surface area contributed by atoms with Gasteiger partial charge in [0.05, 0.1) is 13.2 Å². The Bertz CT molecular complexity index is 724. The van der Waals surface area contributed by atoms with Crippen molar-refractivity contribution < 1.29 is 4.74 Å². The first-order valence-corrected chi connectivity index (χ1v) is 9.18. The summed E-state index contributed by atoms with van der Waals surface area (Å²) < 4.78 is 7.26. The molecule has 0 aliphatic carbocycles. The van der Waals surface area contributed by atoms with E-state index < -0.39 is 0 Å². The van der Waals surface area contributed by atoms with Crippen LogP contribution in [-0.4, -0.2) is 58.7 Å². The minimum absolute atomic E-state index is 0.586. The molecule has 7 heteroatoms. The normalized spacial score (nSPS) is 17.7. The van der Waals surface area contributed by atoms with Crippen molar-refractivity contribution in [1.29, 1.82) is 0 Å². The number of likely N-dealkylation sites (tertiary alicyclic amines) is 1. The Balaban J connectivity index is 1.65. The third-order valence-electron chi connectivity index (χ3n) is 4.62. The number of nitrogens with zero attached hydrogens (tertiary/aromatic N) is 5. The molecule has 1 N–H and O–H groups in total. The van der Waals surface area contributed by atoms with E-state index in [-0.39, 0.29) is 0 Å². The van der Waals surface area contributed by atoms with Crippen LogP contribution >= 0.6 is 0 Å². The van der Waals surface area contributed by atoms with Gasteiger partial charge in [-0.15, -0.1) is 0 Å². The first-order chi connectivity index (χ1) is 12.7. The lowest BCUT2D eigenvalue weighted by molar-refractivity contribution is 0.157. The third kappa shape index (κ3) is 4.40. The second-order valence-corrected chi connectivity index (χ2v) is 6.60. The van der Waals surface area contributed by atoms with Crippen LogP contribution in [0.3, 0.4) is 0 Å². The first kappa shape index (κ1) is 18.4. The van der Waals surface area contributed by atoms with Crippen molar-refractivity contribution in [3.8, 4) is 5.82 Å². The number of pyridine rings is 1. The lowest BCUT2D eigenvalue weighted by Gasteiger charge is -2.21. The molecule has 1 aliphatic heterocycles. The highest BCUT2D eigenvalue weighted by Gasteiger charge is 2.24. The molecular weight excluding hydrogens is 328 g/mol. The van der Waals surface area contributed by atoms with Gasteiger partial charge < -0.3 is 15.0 Å². The van der Waals surface area contributed by atoms with Crippen LogP contribution in [0.4, 0.5) is 0 Å². The van der Waals surface area contributed by atoms with Crippen molar-refractivity contribution in [2.24, 2.45) is 10.9 Å². The van der Waals surface area contributed by atoms with Crippen molar-refractivity contribution in [1.82, 2.24) is 24.8 Å². The summed E-state index contributed by atoms with van der Waals surface area (Å²) in [6, 6.07) is 4.09. The number of guanidine groups is 1. The molecule has 0 saturated carbocycles. The van der Waals surface area contributed by atoms with Crippen LogP contribution in [0.25, 0.3) is 5.82 Å². The molecule has 7 nitrogen and oxygen atoms in total. The molecule has 1 saturated heterocycles. The van der Waals surface area contributed by atoms with Gasteiger partial charge in [-0.1, -0.05) is 6.07 Å². The van der Waals surface area contributed by atoms with E-state index in [1.807, 2.05) is 30.0 Å². The Morgan fingerprint density at radius 1 is 1.38 bits per heavy atom. The largest absolute Gasteiger partial charge is 0.384 e. The summed E-state index contributed by atoms with van der Waals surface area (Å²) in [5, 5.41) is 3.40. The smallest absolute Gasteiger partial charge is 0.194 e. The van der Waals surface area contributed by atoms with Crippen molar-refractivity contribution in [3.63, 3.8) is 0 Å². The molecular formula is C19H28N6O. The van der Waals surface area contributed by atoms with Crippen LogP contribution in [0.5, 0.6) is 0 Å². The number of aromatic nitrogens is 3. The number of ether oxygens (including phenoxy) is 1. The average Bonchev–Trinajstić information content (AvgIpc) is 3.29. The number of rotatable bonds is 6. The highest BCUT2D eigenvalue weighted by molar-refractivity contribution is 5.80. The molecule has 140 valence electrons. The van der Waals surface area contributed by atoms with Crippen LogP contribution < -0.4 is 5.32 Å². The Hall–Kier alpha value is -2.41. The number of hydrogen-bond donors (Lipinski definition) is 1. The second-order valence-electron chi connectivity index (χ2n) is 6.60. The average molecular weight is 356 g/mol. The van der Waals surface area contributed by atoms with Gasteiger partial charge in [0.1, 0.15) is 11.6 Å². The summed E-state index contributed by atoms with van der Waals surface area (Å²) >= 11 is 0. The van der Waals surface area contributed by atoms with Crippen LogP contribution in [0.2, 0.25) is 0 Å². The molecule has 0 bridgehead atoms. The number of imidazole rings is 1. The van der Waals surface area contributed by atoms with Gasteiger partial charge >= 0.3 is 0 Å². The zero-order valence-electron chi connectivity index (χ0n) is 15.9. The lowest BCUT2D eigenvalue weighted by Crippen LogP contribution is -2.40. The minimum Gasteiger partial charge on any atom is -0.384 e. The number of hydrogen-bond acceptors (Lipinski definition) is 4. The SMILES string of the molecule is CCNC(=NCc1ccc(-n2ccnc2C)nc1)N1CCC(COC)C1. The molecule has 1 aliphatic rings. The standard InChI is InChI=1S/C19H28N6O/c1-4-20-19(24-9-7-17(13-24)14-26-3)23-12-16-5-6-18(22-11-16)25-10-8-21-15(25)2/h5-6,8,10-11,17H,4,7,9,12-14H2,1-3H3,(H,20,23). The zero-order chi connectivity index (χ0) is 18.4. The maximum absolute atomic E-state index is 5.29. The summed E-state index contributed by atoms with van der Waals surface area (Å²) in [5.41, 5.74) is 1.09. The van der Waals surface area contributed by atoms with E-state index >= 15 is 0 Å². The van der Waals surface area contributed by atoms with E-state index in [2.05, 4.69) is 33.2 Å². The number of methoxy groups -OCH3 is 1. The van der Waals surface area contributed by atoms with Crippen LogP contribution in [0, 0.1) is 12.8 Å². The van der Waals surface area contributed by atoms with E-state index in [0.29, 0.717) is 12.5 Å². The predicted octanol–water partition coefficient (Wildman–Crippen LogP) is 2.01. The van der Waals surface area contributed by atoms with Gasteiger partial charge in [0.15, 0.2) is 5.96 Å². The molecule has 26 heavy (non-hydrogen) atoms. The third-order valence-corrected chi connectivity index (χ3v) is 4.62. The first-order valence-electron chi connectivity index (χ1n) is 9.18. The van der Waals surface area contributed by atoms with Gasteiger partial charge in [0.2, 0.25) is 0 Å². The summed E-state index contributed by atoms with van der Waals surface area (Å²) in [7, 11) is 1.77. The fourth-order valence-electron chi connectivity index (χ4n) is 3.26. The second kappa shape index (κ2) is 8.80. The Kier molecular flexibility index (Phi) is 6.22. The quantitative estimate of drug-likeness (QED) is 0.633. The molecule has 2 aromatic heterocycles. The van der Waals surface area contributed by atoms with Crippen LogP contribution in [0.15, 0.2) is 35.7 Å². The van der Waals surface area contributed by atoms with Crippen LogP contribution in [-0.2, 0) is 11.3 Å². The summed E-state index contributed by atoms with van der Waals surface area (Å²) in [6.07, 6.45) is 6.74. The van der Waals surface area contributed by atoms with Crippen molar-refractivity contribution in [2.45, 2.75) is 26.8 Å². The van der Waals surface area contributed by atoms with E-state index in [9.17, 15) is 0 Å². The molecule has 1 atom stereocenters. The molecule has 2 aromatic rings. The van der Waals surface area contributed by atoms with E-state index in [1.165, 1.54) is 0 Å². The summed E-state index contributed by atoms with van der Waals surface area (Å²) in [6.45, 7) is 8.38. The van der Waals surface area contributed by atoms with Gasteiger partial charge in [-0.2, -0.15) is 0 Å². The van der Waals surface area contributed by atoms with E-state index in [4.69, 9.17) is 9.73 Å². The maximum Gasteiger partial charge on any atom is 0.194 e. The Morgan fingerprint density at radius 3 is 2.92 bits per heavy atom. The van der Waals surface area contributed by atoms with Crippen molar-refractivity contribution in [3.05, 3.63) is 42.1 Å². The van der Waals surface area contributed by atoms with E-state index in [0.717, 1.165) is 55.8 Å². The number of nitrogens with one attached hydrogen (secondary N) is 1. The highest BCUT2D eigenvalue weighted by atomic mass is 16.5. The van der Waals surface area contributed by atoms with Gasteiger partial charge in [-0.05, 0) is 31.9 Å². The molecule has 3 rings (SSSR count).